The molecule has 6 nitrogen and oxygen atoms in total. The molecule has 6 heteroatoms. The number of hydrogen-bond donors (Lipinski definition) is 3. The molecule has 2 rings (SSSR count). The van der Waals surface area contributed by atoms with E-state index in [9.17, 15) is 10.2 Å². The van der Waals surface area contributed by atoms with Crippen molar-refractivity contribution in [2.24, 2.45) is 5.92 Å². The molecule has 1 heterocycles. The van der Waals surface area contributed by atoms with Crippen molar-refractivity contribution < 1.29 is 24.4 Å². The van der Waals surface area contributed by atoms with Gasteiger partial charge in [-0.25, -0.2) is 0 Å². The molecule has 1 aromatic carbocycles. The van der Waals surface area contributed by atoms with E-state index in [2.05, 4.69) is 11.4 Å². The van der Waals surface area contributed by atoms with Crippen LogP contribution in [-0.2, 0) is 22.6 Å². The van der Waals surface area contributed by atoms with Gasteiger partial charge in [-0.2, -0.15) is 0 Å². The van der Waals surface area contributed by atoms with Crippen molar-refractivity contribution >= 4 is 0 Å². The molecule has 1 fully saturated rings. The Labute approximate surface area is 137 Å². The second kappa shape index (κ2) is 9.20. The second-order valence-electron chi connectivity index (χ2n) is 5.77. The highest BCUT2D eigenvalue weighted by molar-refractivity contribution is 5.36. The van der Waals surface area contributed by atoms with Gasteiger partial charge in [0, 0.05) is 31.2 Å². The van der Waals surface area contributed by atoms with E-state index in [0.717, 1.165) is 16.9 Å². The van der Waals surface area contributed by atoms with Crippen molar-refractivity contribution in [2.75, 3.05) is 33.5 Å². The topological polar surface area (TPSA) is 80.2 Å². The third-order valence-corrected chi connectivity index (χ3v) is 4.04. The second-order valence-corrected chi connectivity index (χ2v) is 5.77. The van der Waals surface area contributed by atoms with Crippen LogP contribution in [0.5, 0.6) is 5.75 Å². The smallest absolute Gasteiger partial charge is 0.124 e. The van der Waals surface area contributed by atoms with Gasteiger partial charge in [-0.3, -0.25) is 0 Å². The summed E-state index contributed by atoms with van der Waals surface area (Å²) < 4.78 is 16.1. The average molecular weight is 325 g/mol. The first kappa shape index (κ1) is 18.2. The van der Waals surface area contributed by atoms with E-state index in [0.29, 0.717) is 32.9 Å². The molecule has 3 atom stereocenters. The number of aliphatic hydroxyl groups excluding tert-OH is 2. The minimum absolute atomic E-state index is 0.0973. The van der Waals surface area contributed by atoms with Gasteiger partial charge in [0.25, 0.3) is 0 Å². The van der Waals surface area contributed by atoms with E-state index >= 15 is 0 Å². The first-order valence-electron chi connectivity index (χ1n) is 8.03. The van der Waals surface area contributed by atoms with Gasteiger partial charge in [0.15, 0.2) is 0 Å². The van der Waals surface area contributed by atoms with Crippen LogP contribution in [0.2, 0.25) is 0 Å². The summed E-state index contributed by atoms with van der Waals surface area (Å²) in [5.74, 6) is 0.723. The highest BCUT2D eigenvalue weighted by Crippen LogP contribution is 2.21. The van der Waals surface area contributed by atoms with Gasteiger partial charge in [-0.1, -0.05) is 6.07 Å². The summed E-state index contributed by atoms with van der Waals surface area (Å²) in [6.07, 6.45) is -1.53. The van der Waals surface area contributed by atoms with Gasteiger partial charge in [-0.05, 0) is 24.6 Å². The highest BCUT2D eigenvalue weighted by Gasteiger charge is 2.30. The van der Waals surface area contributed by atoms with E-state index in [-0.39, 0.29) is 12.5 Å². The van der Waals surface area contributed by atoms with E-state index in [1.165, 1.54) is 0 Å². The molecular weight excluding hydrogens is 298 g/mol. The molecule has 1 aliphatic rings. The first-order chi connectivity index (χ1) is 11.2. The zero-order chi connectivity index (χ0) is 16.7. The Balaban J connectivity index is 1.87. The lowest BCUT2D eigenvalue weighted by atomic mass is 9.96. The van der Waals surface area contributed by atoms with Crippen molar-refractivity contribution in [3.63, 3.8) is 0 Å². The summed E-state index contributed by atoms with van der Waals surface area (Å²) in [5, 5.41) is 22.9. The van der Waals surface area contributed by atoms with Gasteiger partial charge in [0.1, 0.15) is 11.9 Å². The van der Waals surface area contributed by atoms with Crippen LogP contribution in [0.25, 0.3) is 0 Å². The third kappa shape index (κ3) is 5.16. The third-order valence-electron chi connectivity index (χ3n) is 4.04. The predicted molar refractivity (Wildman–Crippen MR) is 86.4 cm³/mol. The number of hydrogen-bond acceptors (Lipinski definition) is 6. The van der Waals surface area contributed by atoms with E-state index in [1.807, 2.05) is 19.1 Å². The molecular formula is C17H27NO5. The highest BCUT2D eigenvalue weighted by atomic mass is 16.5. The maximum absolute atomic E-state index is 9.94. The molecule has 0 amide bonds. The van der Waals surface area contributed by atoms with Crippen molar-refractivity contribution in [1.82, 2.24) is 5.32 Å². The van der Waals surface area contributed by atoms with Gasteiger partial charge >= 0.3 is 0 Å². The van der Waals surface area contributed by atoms with Crippen LogP contribution in [0.3, 0.4) is 0 Å². The summed E-state index contributed by atoms with van der Waals surface area (Å²) in [7, 11) is 1.65. The number of benzene rings is 1. The van der Waals surface area contributed by atoms with Gasteiger partial charge in [0.2, 0.25) is 0 Å². The molecule has 0 unspecified atom stereocenters. The van der Waals surface area contributed by atoms with Crippen LogP contribution in [-0.4, -0.2) is 55.9 Å². The van der Waals surface area contributed by atoms with Crippen molar-refractivity contribution in [3.05, 3.63) is 29.3 Å². The van der Waals surface area contributed by atoms with Crippen LogP contribution >= 0.6 is 0 Å². The number of ether oxygens (including phenoxy) is 3. The van der Waals surface area contributed by atoms with Crippen molar-refractivity contribution in [2.45, 2.75) is 32.3 Å². The molecule has 0 spiro atoms. The molecule has 23 heavy (non-hydrogen) atoms. The predicted octanol–water partition coefficient (Wildman–Crippen LogP) is 0.689. The lowest BCUT2D eigenvalue weighted by Crippen LogP contribution is -2.47. The number of rotatable bonds is 8. The van der Waals surface area contributed by atoms with Gasteiger partial charge in [0.05, 0.1) is 33.0 Å². The number of nitrogens with one attached hydrogen (secondary N) is 1. The van der Waals surface area contributed by atoms with Crippen LogP contribution < -0.4 is 10.1 Å². The van der Waals surface area contributed by atoms with Crippen LogP contribution in [0.1, 0.15) is 18.1 Å². The first-order valence-corrected chi connectivity index (χ1v) is 8.03. The lowest BCUT2D eigenvalue weighted by Gasteiger charge is -2.31. The summed E-state index contributed by atoms with van der Waals surface area (Å²) in [5.41, 5.74) is 2.14. The monoisotopic (exact) mass is 325 g/mol. The average Bonchev–Trinajstić information content (AvgIpc) is 2.57. The summed E-state index contributed by atoms with van der Waals surface area (Å²) in [6, 6.07) is 6.00. The largest absolute Gasteiger partial charge is 0.496 e. The van der Waals surface area contributed by atoms with Gasteiger partial charge in [-0.15, -0.1) is 0 Å². The van der Waals surface area contributed by atoms with E-state index in [4.69, 9.17) is 14.2 Å². The fourth-order valence-corrected chi connectivity index (χ4v) is 2.70. The fraction of sp³-hybridized carbons (Fsp3) is 0.647. The molecule has 0 bridgehead atoms. The molecule has 1 aliphatic heterocycles. The molecule has 1 aromatic rings. The molecule has 3 N–H and O–H groups in total. The Bertz CT molecular complexity index is 482. The SMILES string of the molecule is CCOCc1cc(CNC[C@@H]2COC[C@@H](O)[C@H]2O)ccc1OC. The Morgan fingerprint density at radius 1 is 1.30 bits per heavy atom. The minimum atomic E-state index is -0.797. The van der Waals surface area contributed by atoms with Crippen LogP contribution in [0.15, 0.2) is 18.2 Å². The maximum Gasteiger partial charge on any atom is 0.124 e. The normalized spacial score (nSPS) is 24.6. The zero-order valence-electron chi connectivity index (χ0n) is 13.8. The van der Waals surface area contributed by atoms with Crippen LogP contribution in [0.4, 0.5) is 0 Å². The standard InChI is InChI=1S/C17H27NO5/c1-3-22-9-13-6-12(4-5-16(13)21-2)7-18-8-14-10-23-11-15(19)17(14)20/h4-6,14-15,17-20H,3,7-11H2,1-2H3/t14-,15-,17+/m1/s1. The minimum Gasteiger partial charge on any atom is -0.496 e. The van der Waals surface area contributed by atoms with E-state index < -0.39 is 12.2 Å². The van der Waals surface area contributed by atoms with Crippen LogP contribution in [0, 0.1) is 5.92 Å². The molecule has 130 valence electrons. The maximum atomic E-state index is 9.94. The molecule has 0 aliphatic carbocycles. The zero-order valence-corrected chi connectivity index (χ0v) is 13.8. The molecule has 1 saturated heterocycles. The summed E-state index contributed by atoms with van der Waals surface area (Å²) >= 11 is 0. The Morgan fingerprint density at radius 2 is 2.13 bits per heavy atom. The van der Waals surface area contributed by atoms with E-state index in [1.54, 1.807) is 7.11 Å². The fourth-order valence-electron chi connectivity index (χ4n) is 2.70. The summed E-state index contributed by atoms with van der Waals surface area (Å²) in [4.78, 5) is 0. The lowest BCUT2D eigenvalue weighted by molar-refractivity contribution is -0.119. The number of methoxy groups -OCH3 is 1. The number of aliphatic hydroxyl groups is 2. The quantitative estimate of drug-likeness (QED) is 0.653. The van der Waals surface area contributed by atoms with Crippen molar-refractivity contribution in [1.29, 1.82) is 0 Å². The Hall–Kier alpha value is -1.18. The molecule has 0 saturated carbocycles. The summed E-state index contributed by atoms with van der Waals surface area (Å²) in [6.45, 7) is 5.07. The molecule has 0 aromatic heterocycles. The van der Waals surface area contributed by atoms with Gasteiger partial charge < -0.3 is 29.7 Å². The molecule has 0 radical (unpaired) electrons. The Morgan fingerprint density at radius 3 is 2.87 bits per heavy atom. The van der Waals surface area contributed by atoms with Crippen molar-refractivity contribution in [3.8, 4) is 5.75 Å². The Kier molecular flexibility index (Phi) is 7.26.